The first-order valence-corrected chi connectivity index (χ1v) is 8.74. The quantitative estimate of drug-likeness (QED) is 0.692. The smallest absolute Gasteiger partial charge is 0.342 e. The lowest BCUT2D eigenvalue weighted by molar-refractivity contribution is -0.135. The Hall–Kier alpha value is -2.44. The molecule has 0 spiro atoms. The van der Waals surface area contributed by atoms with Gasteiger partial charge in [0.15, 0.2) is 18.1 Å². The maximum atomic E-state index is 12.4. The molecule has 1 amide bonds. The van der Waals surface area contributed by atoms with Gasteiger partial charge in [0.25, 0.3) is 5.91 Å². The van der Waals surface area contributed by atoms with Crippen LogP contribution in [0.5, 0.6) is 17.2 Å². The van der Waals surface area contributed by atoms with Gasteiger partial charge in [0.2, 0.25) is 0 Å². The molecule has 7 nitrogen and oxygen atoms in total. The largest absolute Gasteiger partial charge is 0.496 e. The van der Waals surface area contributed by atoms with Crippen molar-refractivity contribution >= 4 is 11.9 Å². The second kappa shape index (κ2) is 9.31. The van der Waals surface area contributed by atoms with E-state index < -0.39 is 5.97 Å². The van der Waals surface area contributed by atoms with E-state index in [2.05, 4.69) is 0 Å². The van der Waals surface area contributed by atoms with Crippen molar-refractivity contribution in [1.29, 1.82) is 0 Å². The molecule has 0 N–H and O–H groups in total. The number of amides is 1. The summed E-state index contributed by atoms with van der Waals surface area (Å²) in [4.78, 5) is 26.4. The van der Waals surface area contributed by atoms with E-state index in [9.17, 15) is 9.59 Å². The van der Waals surface area contributed by atoms with Crippen LogP contribution in [-0.4, -0.2) is 57.8 Å². The molecule has 7 heteroatoms. The number of carbonyl (C=O) groups excluding carboxylic acids is 2. The minimum absolute atomic E-state index is 0.179. The van der Waals surface area contributed by atoms with E-state index in [0.29, 0.717) is 17.2 Å². The molecule has 1 aliphatic rings. The number of ether oxygens (including phenoxy) is 4. The first-order chi connectivity index (χ1) is 12.5. The zero-order valence-electron chi connectivity index (χ0n) is 15.9. The number of hydrogen-bond acceptors (Lipinski definition) is 6. The first kappa shape index (κ1) is 19.9. The van der Waals surface area contributed by atoms with Crippen LogP contribution < -0.4 is 14.2 Å². The number of esters is 1. The maximum absolute atomic E-state index is 12.4. The van der Waals surface area contributed by atoms with Gasteiger partial charge in [-0.2, -0.15) is 0 Å². The molecule has 144 valence electrons. The van der Waals surface area contributed by atoms with Crippen molar-refractivity contribution in [3.05, 3.63) is 17.7 Å². The number of likely N-dealkylation sites (N-methyl/N-ethyl adjacent to an activating group) is 1. The molecular formula is C19H27NO6. The number of benzene rings is 1. The van der Waals surface area contributed by atoms with Crippen LogP contribution >= 0.6 is 0 Å². The zero-order chi connectivity index (χ0) is 19.1. The number of methoxy groups -OCH3 is 3. The summed E-state index contributed by atoms with van der Waals surface area (Å²) in [5, 5.41) is 0. The van der Waals surface area contributed by atoms with Gasteiger partial charge in [-0.25, -0.2) is 4.79 Å². The van der Waals surface area contributed by atoms with Gasteiger partial charge < -0.3 is 23.8 Å². The molecule has 0 aliphatic heterocycles. The fourth-order valence-corrected chi connectivity index (χ4v) is 3.17. The molecule has 0 unspecified atom stereocenters. The lowest BCUT2D eigenvalue weighted by Crippen LogP contribution is -2.40. The van der Waals surface area contributed by atoms with Gasteiger partial charge >= 0.3 is 5.97 Å². The average molecular weight is 365 g/mol. The van der Waals surface area contributed by atoms with E-state index in [1.54, 1.807) is 18.0 Å². The highest BCUT2D eigenvalue weighted by Gasteiger charge is 2.24. The highest BCUT2D eigenvalue weighted by atomic mass is 16.5. The molecular weight excluding hydrogens is 338 g/mol. The molecule has 0 bridgehead atoms. The molecule has 1 aromatic rings. The van der Waals surface area contributed by atoms with Gasteiger partial charge in [-0.15, -0.1) is 0 Å². The fourth-order valence-electron chi connectivity index (χ4n) is 3.17. The average Bonchev–Trinajstić information content (AvgIpc) is 2.70. The third kappa shape index (κ3) is 4.59. The van der Waals surface area contributed by atoms with Crippen molar-refractivity contribution in [1.82, 2.24) is 4.90 Å². The topological polar surface area (TPSA) is 74.3 Å². The Kier molecular flexibility index (Phi) is 7.12. The molecule has 2 rings (SSSR count). The lowest BCUT2D eigenvalue weighted by atomic mass is 9.94. The first-order valence-electron chi connectivity index (χ1n) is 8.74. The van der Waals surface area contributed by atoms with Crippen molar-refractivity contribution in [2.45, 2.75) is 38.1 Å². The van der Waals surface area contributed by atoms with Crippen molar-refractivity contribution in [2.24, 2.45) is 0 Å². The molecule has 26 heavy (non-hydrogen) atoms. The predicted molar refractivity (Wildman–Crippen MR) is 96.0 cm³/mol. The van der Waals surface area contributed by atoms with Gasteiger partial charge in [-0.1, -0.05) is 19.3 Å². The van der Waals surface area contributed by atoms with E-state index in [-0.39, 0.29) is 24.1 Å². The second-order valence-electron chi connectivity index (χ2n) is 6.28. The maximum Gasteiger partial charge on any atom is 0.342 e. The highest BCUT2D eigenvalue weighted by Crippen LogP contribution is 2.35. The Morgan fingerprint density at radius 2 is 1.54 bits per heavy atom. The normalized spacial score (nSPS) is 14.5. The van der Waals surface area contributed by atoms with E-state index in [0.717, 1.165) is 25.7 Å². The third-order valence-corrected chi connectivity index (χ3v) is 4.77. The highest BCUT2D eigenvalue weighted by molar-refractivity contribution is 5.95. The number of rotatable bonds is 7. The Labute approximate surface area is 154 Å². The molecule has 0 heterocycles. The summed E-state index contributed by atoms with van der Waals surface area (Å²) < 4.78 is 20.8. The van der Waals surface area contributed by atoms with E-state index in [1.165, 1.54) is 33.8 Å². The standard InChI is InChI=1S/C19H27NO6/c1-20(13-8-6-5-7-9-13)18(21)12-26-19(22)14-10-16(24-3)17(25-4)11-15(14)23-2/h10-11,13H,5-9,12H2,1-4H3. The van der Waals surface area contributed by atoms with Crippen molar-refractivity contribution in [3.8, 4) is 17.2 Å². The summed E-state index contributed by atoms with van der Waals surface area (Å²) in [6.45, 7) is -0.302. The van der Waals surface area contributed by atoms with Crippen LogP contribution in [0.3, 0.4) is 0 Å². The van der Waals surface area contributed by atoms with Crippen LogP contribution in [0.25, 0.3) is 0 Å². The molecule has 0 saturated heterocycles. The summed E-state index contributed by atoms with van der Waals surface area (Å²) >= 11 is 0. The van der Waals surface area contributed by atoms with Gasteiger partial charge in [0.1, 0.15) is 11.3 Å². The van der Waals surface area contributed by atoms with E-state index in [1.807, 2.05) is 0 Å². The van der Waals surface area contributed by atoms with Gasteiger partial charge in [-0.05, 0) is 12.8 Å². The SMILES string of the molecule is COc1cc(OC)c(C(=O)OCC(=O)N(C)C2CCCCC2)cc1OC. The summed E-state index contributed by atoms with van der Waals surface area (Å²) in [5.74, 6) is 0.263. The molecule has 1 saturated carbocycles. The van der Waals surface area contributed by atoms with Crippen molar-refractivity contribution in [2.75, 3.05) is 35.0 Å². The van der Waals surface area contributed by atoms with Crippen molar-refractivity contribution in [3.63, 3.8) is 0 Å². The van der Waals surface area contributed by atoms with Gasteiger partial charge in [0.05, 0.1) is 21.3 Å². The zero-order valence-corrected chi connectivity index (χ0v) is 15.9. The minimum Gasteiger partial charge on any atom is -0.496 e. The monoisotopic (exact) mass is 365 g/mol. The summed E-state index contributed by atoms with van der Waals surface area (Å²) in [5.41, 5.74) is 0.179. The molecule has 1 aromatic carbocycles. The molecule has 0 radical (unpaired) electrons. The van der Waals surface area contributed by atoms with Gasteiger partial charge in [-0.3, -0.25) is 4.79 Å². The Morgan fingerprint density at radius 3 is 2.12 bits per heavy atom. The third-order valence-electron chi connectivity index (χ3n) is 4.77. The second-order valence-corrected chi connectivity index (χ2v) is 6.28. The summed E-state index contributed by atoms with van der Waals surface area (Å²) in [7, 11) is 6.18. The Balaban J connectivity index is 2.03. The van der Waals surface area contributed by atoms with Crippen molar-refractivity contribution < 1.29 is 28.5 Å². The van der Waals surface area contributed by atoms with Crippen LogP contribution in [0.1, 0.15) is 42.5 Å². The Morgan fingerprint density at radius 1 is 0.962 bits per heavy atom. The summed E-state index contributed by atoms with van der Waals surface area (Å²) in [6, 6.07) is 3.26. The fraction of sp³-hybridized carbons (Fsp3) is 0.579. The molecule has 0 atom stereocenters. The molecule has 1 fully saturated rings. The number of hydrogen-bond donors (Lipinski definition) is 0. The number of nitrogens with zero attached hydrogens (tertiary/aromatic N) is 1. The van der Waals surface area contributed by atoms with Crippen LogP contribution in [0.15, 0.2) is 12.1 Å². The van der Waals surface area contributed by atoms with E-state index >= 15 is 0 Å². The van der Waals surface area contributed by atoms with Crippen LogP contribution in [-0.2, 0) is 9.53 Å². The van der Waals surface area contributed by atoms with Crippen LogP contribution in [0.4, 0.5) is 0 Å². The Bertz CT molecular complexity index is 639. The summed E-state index contributed by atoms with van der Waals surface area (Å²) in [6.07, 6.45) is 5.47. The predicted octanol–water partition coefficient (Wildman–Crippen LogP) is 2.66. The molecule has 0 aromatic heterocycles. The van der Waals surface area contributed by atoms with Crippen LogP contribution in [0.2, 0.25) is 0 Å². The number of carbonyl (C=O) groups is 2. The minimum atomic E-state index is -0.645. The molecule has 1 aliphatic carbocycles. The lowest BCUT2D eigenvalue weighted by Gasteiger charge is -2.31. The van der Waals surface area contributed by atoms with E-state index in [4.69, 9.17) is 18.9 Å². The van der Waals surface area contributed by atoms with Crippen LogP contribution in [0, 0.1) is 0 Å². The van der Waals surface area contributed by atoms with Gasteiger partial charge in [0, 0.05) is 25.2 Å².